The molecule has 5 heteroatoms. The number of hydrogen-bond donors (Lipinski definition) is 2. The highest BCUT2D eigenvalue weighted by Crippen LogP contribution is 2.13. The van der Waals surface area contributed by atoms with Crippen molar-refractivity contribution in [2.75, 3.05) is 13.1 Å². The van der Waals surface area contributed by atoms with Crippen LogP contribution in [0.25, 0.3) is 0 Å². The Kier molecular flexibility index (Phi) is 6.35. The third-order valence-electron chi connectivity index (χ3n) is 2.02. The molecule has 1 rings (SSSR count). The first-order valence-corrected chi connectivity index (χ1v) is 6.29. The summed E-state index contributed by atoms with van der Waals surface area (Å²) in [5, 5.41) is 11.1. The van der Waals surface area contributed by atoms with E-state index in [1.807, 2.05) is 30.3 Å². The molecule has 0 aromatic heterocycles. The van der Waals surface area contributed by atoms with Crippen molar-refractivity contribution in [2.45, 2.75) is 12.2 Å². The maximum Gasteiger partial charge on any atom is 0.317 e. The number of rotatable bonds is 7. The summed E-state index contributed by atoms with van der Waals surface area (Å²) in [5.41, 5.74) is 1.12. The molecule has 0 bridgehead atoms. The fourth-order valence-corrected chi connectivity index (χ4v) is 1.96. The molecule has 0 spiro atoms. The summed E-state index contributed by atoms with van der Waals surface area (Å²) in [5.74, 6) is -0.243. The second kappa shape index (κ2) is 7.86. The van der Waals surface area contributed by atoms with Gasteiger partial charge in [0.2, 0.25) is 0 Å². The number of benzene rings is 1. The molecular weight excluding hydrogens is 238 g/mol. The predicted molar refractivity (Wildman–Crippen MR) is 67.9 cm³/mol. The van der Waals surface area contributed by atoms with Crippen LogP contribution in [0.5, 0.6) is 0 Å². The molecule has 0 fully saturated rings. The van der Waals surface area contributed by atoms with Crippen molar-refractivity contribution in [1.29, 1.82) is 0 Å². The molecule has 0 saturated carbocycles. The second-order valence-electron chi connectivity index (χ2n) is 3.47. The number of carboxylic acids is 1. The molecule has 1 aromatic rings. The van der Waals surface area contributed by atoms with Crippen molar-refractivity contribution in [2.24, 2.45) is 0 Å². The Balaban J connectivity index is 2.11. The molecule has 0 aliphatic rings. The fraction of sp³-hybridized carbons (Fsp3) is 0.333. The van der Waals surface area contributed by atoms with Gasteiger partial charge in [0, 0.05) is 18.7 Å². The number of thioether (sulfide) groups is 1. The Hall–Kier alpha value is -1.33. The van der Waals surface area contributed by atoms with E-state index < -0.39 is 5.97 Å². The summed E-state index contributed by atoms with van der Waals surface area (Å²) in [7, 11) is 0. The number of nitrogens with one attached hydrogen (secondary N) is 1. The highest BCUT2D eigenvalue weighted by atomic mass is 32.2. The summed E-state index contributed by atoms with van der Waals surface area (Å²) >= 11 is 1.26. The van der Waals surface area contributed by atoms with Gasteiger partial charge in [0.1, 0.15) is 0 Å². The van der Waals surface area contributed by atoms with Gasteiger partial charge in [-0.05, 0) is 5.56 Å². The molecule has 0 radical (unpaired) electrons. The Labute approximate surface area is 104 Å². The molecule has 0 saturated heterocycles. The zero-order valence-electron chi connectivity index (χ0n) is 9.39. The zero-order valence-corrected chi connectivity index (χ0v) is 10.2. The van der Waals surface area contributed by atoms with Gasteiger partial charge in [-0.1, -0.05) is 42.1 Å². The fourth-order valence-electron chi connectivity index (χ4n) is 1.20. The van der Waals surface area contributed by atoms with E-state index in [4.69, 9.17) is 5.11 Å². The number of carbonyl (C=O) groups is 2. The normalized spacial score (nSPS) is 10.1. The summed E-state index contributed by atoms with van der Waals surface area (Å²) in [6.07, 6.45) is 0.352. The van der Waals surface area contributed by atoms with Crippen LogP contribution in [-0.2, 0) is 15.3 Å². The highest BCUT2D eigenvalue weighted by molar-refractivity contribution is 8.12. The number of hydrogen-bond acceptors (Lipinski definition) is 4. The van der Waals surface area contributed by atoms with Crippen molar-refractivity contribution in [1.82, 2.24) is 5.32 Å². The topological polar surface area (TPSA) is 66.4 Å². The Morgan fingerprint density at radius 1 is 1.24 bits per heavy atom. The van der Waals surface area contributed by atoms with Gasteiger partial charge < -0.3 is 10.4 Å². The van der Waals surface area contributed by atoms with Crippen LogP contribution < -0.4 is 5.32 Å². The minimum atomic E-state index is -0.908. The van der Waals surface area contributed by atoms with E-state index >= 15 is 0 Å². The first-order valence-electron chi connectivity index (χ1n) is 5.30. The molecule has 2 N–H and O–H groups in total. The van der Waals surface area contributed by atoms with Crippen LogP contribution in [0.4, 0.5) is 0 Å². The van der Waals surface area contributed by atoms with E-state index in [1.165, 1.54) is 11.8 Å². The van der Waals surface area contributed by atoms with E-state index in [0.717, 1.165) is 5.56 Å². The average molecular weight is 253 g/mol. The quantitative estimate of drug-likeness (QED) is 0.721. The van der Waals surface area contributed by atoms with Crippen molar-refractivity contribution in [3.8, 4) is 0 Å². The first-order chi connectivity index (χ1) is 8.18. The molecule has 0 amide bonds. The lowest BCUT2D eigenvalue weighted by Gasteiger charge is -2.02. The number of aliphatic carboxylic acids is 1. The van der Waals surface area contributed by atoms with E-state index in [-0.39, 0.29) is 11.7 Å². The third-order valence-corrected chi connectivity index (χ3v) is 3.03. The first kappa shape index (κ1) is 13.7. The summed E-state index contributed by atoms with van der Waals surface area (Å²) < 4.78 is 0. The minimum Gasteiger partial charge on any atom is -0.480 e. The smallest absolute Gasteiger partial charge is 0.317 e. The number of carboxylic acid groups (broad SMARTS) is 1. The van der Waals surface area contributed by atoms with Gasteiger partial charge in [0.05, 0.1) is 6.54 Å². The van der Waals surface area contributed by atoms with Gasteiger partial charge >= 0.3 is 5.97 Å². The third kappa shape index (κ3) is 6.76. The van der Waals surface area contributed by atoms with Gasteiger partial charge in [-0.2, -0.15) is 0 Å². The summed E-state index contributed by atoms with van der Waals surface area (Å²) in [6.45, 7) is 0.309. The molecule has 0 aliphatic heterocycles. The SMILES string of the molecule is O=C(O)CNCCC(=O)SCc1ccccc1. The van der Waals surface area contributed by atoms with Crippen LogP contribution in [0.3, 0.4) is 0 Å². The second-order valence-corrected chi connectivity index (χ2v) is 4.50. The molecule has 92 valence electrons. The van der Waals surface area contributed by atoms with Crippen molar-refractivity contribution in [3.63, 3.8) is 0 Å². The van der Waals surface area contributed by atoms with Crippen LogP contribution in [0.2, 0.25) is 0 Å². The predicted octanol–water partition coefficient (Wildman–Crippen LogP) is 1.51. The van der Waals surface area contributed by atoms with Crippen molar-refractivity contribution in [3.05, 3.63) is 35.9 Å². The van der Waals surface area contributed by atoms with E-state index in [0.29, 0.717) is 18.7 Å². The number of carbonyl (C=O) groups excluding carboxylic acids is 1. The van der Waals surface area contributed by atoms with Crippen LogP contribution in [0.1, 0.15) is 12.0 Å². The molecule has 0 unspecified atom stereocenters. The molecule has 1 aromatic carbocycles. The van der Waals surface area contributed by atoms with Crippen LogP contribution >= 0.6 is 11.8 Å². The summed E-state index contributed by atoms with van der Waals surface area (Å²) in [4.78, 5) is 21.6. The largest absolute Gasteiger partial charge is 0.480 e. The Bertz CT molecular complexity index is 367. The van der Waals surface area contributed by atoms with E-state index in [1.54, 1.807) is 0 Å². The maximum atomic E-state index is 11.4. The van der Waals surface area contributed by atoms with Crippen LogP contribution in [0, 0.1) is 0 Å². The maximum absolute atomic E-state index is 11.4. The molecule has 0 atom stereocenters. The molecule has 0 aliphatic carbocycles. The van der Waals surface area contributed by atoms with Crippen LogP contribution in [-0.4, -0.2) is 29.3 Å². The van der Waals surface area contributed by atoms with Crippen molar-refractivity contribution < 1.29 is 14.7 Å². The van der Waals surface area contributed by atoms with Gasteiger partial charge in [-0.25, -0.2) is 0 Å². The summed E-state index contributed by atoms with van der Waals surface area (Å²) in [6, 6.07) is 9.77. The lowest BCUT2D eigenvalue weighted by molar-refractivity contribution is -0.136. The molecular formula is C12H15NO3S. The lowest BCUT2D eigenvalue weighted by atomic mass is 10.2. The van der Waals surface area contributed by atoms with Gasteiger partial charge in [0.25, 0.3) is 0 Å². The zero-order chi connectivity index (χ0) is 12.5. The molecule has 4 nitrogen and oxygen atoms in total. The Morgan fingerprint density at radius 3 is 2.59 bits per heavy atom. The van der Waals surface area contributed by atoms with E-state index in [9.17, 15) is 9.59 Å². The van der Waals surface area contributed by atoms with E-state index in [2.05, 4.69) is 5.32 Å². The van der Waals surface area contributed by atoms with Gasteiger partial charge in [-0.15, -0.1) is 0 Å². The monoisotopic (exact) mass is 253 g/mol. The van der Waals surface area contributed by atoms with Gasteiger partial charge in [0.15, 0.2) is 5.12 Å². The standard InChI is InChI=1S/C12H15NO3S/c14-11(15)8-13-7-6-12(16)17-9-10-4-2-1-3-5-10/h1-5,13H,6-9H2,(H,14,15). The van der Waals surface area contributed by atoms with Crippen molar-refractivity contribution >= 4 is 22.8 Å². The van der Waals surface area contributed by atoms with Crippen LogP contribution in [0.15, 0.2) is 30.3 Å². The highest BCUT2D eigenvalue weighted by Gasteiger charge is 2.03. The molecule has 17 heavy (non-hydrogen) atoms. The lowest BCUT2D eigenvalue weighted by Crippen LogP contribution is -2.24. The average Bonchev–Trinajstić information content (AvgIpc) is 2.33. The van der Waals surface area contributed by atoms with Gasteiger partial charge in [-0.3, -0.25) is 9.59 Å². The Morgan fingerprint density at radius 2 is 1.94 bits per heavy atom. The molecule has 0 heterocycles. The minimum absolute atomic E-state index is 0.0757.